The molecule has 1 heterocycles. The van der Waals surface area contributed by atoms with Crippen LogP contribution in [0.5, 0.6) is 0 Å². The number of hydrogen-bond acceptors (Lipinski definition) is 5. The van der Waals surface area contributed by atoms with Crippen molar-refractivity contribution in [3.05, 3.63) is 0 Å². The van der Waals surface area contributed by atoms with E-state index in [9.17, 15) is 9.59 Å². The van der Waals surface area contributed by atoms with Gasteiger partial charge in [-0.1, -0.05) is 0 Å². The molecule has 2 bridgehead atoms. The second-order valence-electron chi connectivity index (χ2n) is 4.89. The molecule has 5 heteroatoms. The molecule has 0 aromatic heterocycles. The van der Waals surface area contributed by atoms with Gasteiger partial charge in [-0.3, -0.25) is 9.59 Å². The summed E-state index contributed by atoms with van der Waals surface area (Å²) in [4.78, 5) is 22.7. The lowest BCUT2D eigenvalue weighted by molar-refractivity contribution is -0.165. The fraction of sp³-hybridized carbons (Fsp3) is 0.727. The molecule has 1 N–H and O–H groups in total. The Morgan fingerprint density at radius 2 is 2.38 bits per heavy atom. The van der Waals surface area contributed by atoms with Crippen LogP contribution >= 0.6 is 0 Å². The molecule has 0 radical (unpaired) electrons. The third-order valence-electron chi connectivity index (χ3n) is 4.15. The minimum atomic E-state index is -0.962. The molecule has 2 aliphatic carbocycles. The lowest BCUT2D eigenvalue weighted by Gasteiger charge is -2.33. The fourth-order valence-corrected chi connectivity index (χ4v) is 3.63. The molecule has 5 atom stereocenters. The van der Waals surface area contributed by atoms with Gasteiger partial charge in [0, 0.05) is 25.0 Å². The largest absolute Gasteiger partial charge is 0.458 e. The lowest BCUT2D eigenvalue weighted by atomic mass is 9.79. The standard InChI is InChI=1S/C11H13NO4/c1-5(13)15-9-6-2-7-8(3-6)11(9,4-12)16-10(7)14/h4,6-9,12H,2-3H2,1H3. The zero-order valence-electron chi connectivity index (χ0n) is 8.93. The Morgan fingerprint density at radius 1 is 1.62 bits per heavy atom. The van der Waals surface area contributed by atoms with Gasteiger partial charge >= 0.3 is 11.9 Å². The highest BCUT2D eigenvalue weighted by molar-refractivity contribution is 5.86. The SMILES string of the molecule is CC(=O)OC1C2CC3C(=O)OC1(C=N)C3C2. The molecule has 5 nitrogen and oxygen atoms in total. The molecule has 1 saturated heterocycles. The molecule has 0 aromatic rings. The molecule has 3 aliphatic rings. The Morgan fingerprint density at radius 3 is 3.00 bits per heavy atom. The second-order valence-corrected chi connectivity index (χ2v) is 4.89. The van der Waals surface area contributed by atoms with Gasteiger partial charge in [0.1, 0.15) is 6.10 Å². The van der Waals surface area contributed by atoms with Crippen molar-refractivity contribution in [2.75, 3.05) is 0 Å². The van der Waals surface area contributed by atoms with E-state index in [-0.39, 0.29) is 29.7 Å². The van der Waals surface area contributed by atoms with Crippen LogP contribution in [0.4, 0.5) is 0 Å². The predicted molar refractivity (Wildman–Crippen MR) is 52.9 cm³/mol. The summed E-state index contributed by atoms with van der Waals surface area (Å²) >= 11 is 0. The van der Waals surface area contributed by atoms with E-state index in [1.54, 1.807) is 0 Å². The number of nitrogens with one attached hydrogen (secondary N) is 1. The maximum absolute atomic E-state index is 11.6. The lowest BCUT2D eigenvalue weighted by Crippen LogP contribution is -2.49. The summed E-state index contributed by atoms with van der Waals surface area (Å²) in [5, 5.41) is 7.50. The van der Waals surface area contributed by atoms with Crippen molar-refractivity contribution in [3.63, 3.8) is 0 Å². The van der Waals surface area contributed by atoms with Gasteiger partial charge in [0.15, 0.2) is 5.60 Å². The van der Waals surface area contributed by atoms with E-state index in [1.165, 1.54) is 6.92 Å². The van der Waals surface area contributed by atoms with Gasteiger partial charge < -0.3 is 14.9 Å². The molecule has 5 unspecified atom stereocenters. The molecule has 0 aromatic carbocycles. The van der Waals surface area contributed by atoms with Crippen LogP contribution < -0.4 is 0 Å². The number of rotatable bonds is 2. The summed E-state index contributed by atoms with van der Waals surface area (Å²) in [6.45, 7) is 1.35. The van der Waals surface area contributed by atoms with Crippen molar-refractivity contribution < 1.29 is 19.1 Å². The van der Waals surface area contributed by atoms with Gasteiger partial charge in [-0.25, -0.2) is 0 Å². The number of fused-ring (bicyclic) bond motifs is 1. The quantitative estimate of drug-likeness (QED) is 0.547. The zero-order chi connectivity index (χ0) is 11.5. The van der Waals surface area contributed by atoms with Crippen molar-refractivity contribution in [3.8, 4) is 0 Å². The molecule has 3 rings (SSSR count). The summed E-state index contributed by atoms with van der Waals surface area (Å²) in [7, 11) is 0. The molecule has 16 heavy (non-hydrogen) atoms. The first kappa shape index (κ1) is 9.81. The van der Waals surface area contributed by atoms with Crippen LogP contribution in [0.15, 0.2) is 0 Å². The van der Waals surface area contributed by atoms with E-state index < -0.39 is 11.7 Å². The Kier molecular flexibility index (Phi) is 1.74. The Bertz CT molecular complexity index is 393. The van der Waals surface area contributed by atoms with Crippen molar-refractivity contribution in [1.29, 1.82) is 5.41 Å². The van der Waals surface area contributed by atoms with Crippen molar-refractivity contribution in [2.24, 2.45) is 17.8 Å². The summed E-state index contributed by atoms with van der Waals surface area (Å²) in [5.41, 5.74) is -0.962. The summed E-state index contributed by atoms with van der Waals surface area (Å²) in [6.07, 6.45) is 2.26. The minimum absolute atomic E-state index is 0.0341. The first-order valence-corrected chi connectivity index (χ1v) is 5.50. The average molecular weight is 223 g/mol. The highest BCUT2D eigenvalue weighted by atomic mass is 16.6. The highest BCUT2D eigenvalue weighted by Gasteiger charge is 2.71. The van der Waals surface area contributed by atoms with Crippen LogP contribution in [0.25, 0.3) is 0 Å². The van der Waals surface area contributed by atoms with Gasteiger partial charge in [0.25, 0.3) is 0 Å². The third kappa shape index (κ3) is 0.936. The van der Waals surface area contributed by atoms with Crippen molar-refractivity contribution in [2.45, 2.75) is 31.5 Å². The van der Waals surface area contributed by atoms with Crippen LogP contribution in [-0.2, 0) is 19.1 Å². The highest BCUT2D eigenvalue weighted by Crippen LogP contribution is 2.60. The molecule has 0 amide bonds. The van der Waals surface area contributed by atoms with E-state index in [0.29, 0.717) is 0 Å². The van der Waals surface area contributed by atoms with E-state index in [4.69, 9.17) is 14.9 Å². The Balaban J connectivity index is 2.00. The Labute approximate surface area is 92.6 Å². The van der Waals surface area contributed by atoms with Crippen LogP contribution in [0, 0.1) is 23.2 Å². The maximum Gasteiger partial charge on any atom is 0.310 e. The molecular weight excluding hydrogens is 210 g/mol. The summed E-state index contributed by atoms with van der Waals surface area (Å²) in [6, 6.07) is 0. The van der Waals surface area contributed by atoms with Gasteiger partial charge in [-0.2, -0.15) is 0 Å². The minimum Gasteiger partial charge on any atom is -0.458 e. The van der Waals surface area contributed by atoms with Crippen LogP contribution in [0.1, 0.15) is 19.8 Å². The third-order valence-corrected chi connectivity index (χ3v) is 4.15. The molecule has 1 aliphatic heterocycles. The fourth-order valence-electron chi connectivity index (χ4n) is 3.63. The topological polar surface area (TPSA) is 76.5 Å². The van der Waals surface area contributed by atoms with Crippen molar-refractivity contribution >= 4 is 18.2 Å². The molecule has 86 valence electrons. The van der Waals surface area contributed by atoms with Crippen LogP contribution in [0.2, 0.25) is 0 Å². The molecule has 2 saturated carbocycles. The normalized spacial score (nSPS) is 47.9. The van der Waals surface area contributed by atoms with E-state index in [1.807, 2.05) is 0 Å². The number of ether oxygens (including phenoxy) is 2. The van der Waals surface area contributed by atoms with Gasteiger partial charge in [-0.05, 0) is 12.8 Å². The second kappa shape index (κ2) is 2.84. The zero-order valence-corrected chi connectivity index (χ0v) is 8.93. The van der Waals surface area contributed by atoms with Crippen molar-refractivity contribution in [1.82, 2.24) is 0 Å². The average Bonchev–Trinajstić information content (AvgIpc) is 2.80. The number of hydrogen-bond donors (Lipinski definition) is 1. The molecular formula is C11H13NO4. The Hall–Kier alpha value is -1.39. The number of carbonyl (C=O) groups is 2. The number of esters is 2. The maximum atomic E-state index is 11.6. The van der Waals surface area contributed by atoms with E-state index in [0.717, 1.165) is 19.1 Å². The number of carbonyl (C=O) groups excluding carboxylic acids is 2. The monoisotopic (exact) mass is 223 g/mol. The molecule has 0 spiro atoms. The van der Waals surface area contributed by atoms with Gasteiger partial charge in [-0.15, -0.1) is 0 Å². The van der Waals surface area contributed by atoms with Gasteiger partial charge in [0.2, 0.25) is 0 Å². The predicted octanol–water partition coefficient (Wildman–Crippen LogP) is 0.519. The molecule has 3 fully saturated rings. The van der Waals surface area contributed by atoms with Crippen LogP contribution in [0.3, 0.4) is 0 Å². The van der Waals surface area contributed by atoms with Crippen LogP contribution in [-0.4, -0.2) is 29.9 Å². The first-order chi connectivity index (χ1) is 7.58. The smallest absolute Gasteiger partial charge is 0.310 e. The summed E-state index contributed by atoms with van der Waals surface area (Å²) < 4.78 is 10.6. The first-order valence-electron chi connectivity index (χ1n) is 5.50. The summed E-state index contributed by atoms with van der Waals surface area (Å²) in [5.74, 6) is -0.485. The van der Waals surface area contributed by atoms with E-state index >= 15 is 0 Å². The van der Waals surface area contributed by atoms with Gasteiger partial charge in [0.05, 0.1) is 5.92 Å². The van der Waals surface area contributed by atoms with E-state index in [2.05, 4.69) is 0 Å².